The predicted octanol–water partition coefficient (Wildman–Crippen LogP) is -0.171. The van der Waals surface area contributed by atoms with Crippen molar-refractivity contribution in [2.75, 3.05) is 6.54 Å². The molecule has 0 amide bonds. The minimum absolute atomic E-state index is 0.183. The number of hydrogen-bond acceptors (Lipinski definition) is 2. The average Bonchev–Trinajstić information content (AvgIpc) is 1.88. The molecule has 1 heterocycles. The Kier molecular flexibility index (Phi) is 2.39. The van der Waals surface area contributed by atoms with E-state index in [4.69, 9.17) is 5.73 Å². The molecule has 0 fully saturated rings. The molecule has 0 bridgehead atoms. The zero-order valence-electron chi connectivity index (χ0n) is 5.45. The maximum absolute atomic E-state index is 5.26. The molecular weight excluding hydrogens is 146 g/mol. The largest absolute Gasteiger partial charge is 0.376 e. The van der Waals surface area contributed by atoms with Crippen LogP contribution in [-0.4, -0.2) is 23.9 Å². The van der Waals surface area contributed by atoms with E-state index in [-0.39, 0.29) is 6.04 Å². The van der Waals surface area contributed by atoms with Crippen molar-refractivity contribution in [3.63, 3.8) is 0 Å². The fourth-order valence-electron chi connectivity index (χ4n) is 0.756. The van der Waals surface area contributed by atoms with Gasteiger partial charge in [-0.2, -0.15) is 0 Å². The summed E-state index contributed by atoms with van der Waals surface area (Å²) in [7, 11) is 0. The van der Waals surface area contributed by atoms with E-state index >= 15 is 0 Å². The molecule has 1 rings (SSSR count). The van der Waals surface area contributed by atoms with Gasteiger partial charge >= 0.3 is 0 Å². The van der Waals surface area contributed by atoms with E-state index in [1.54, 1.807) is 6.21 Å². The number of dihydropyridines is 1. The Hall–Kier alpha value is -0.900. The van der Waals surface area contributed by atoms with Crippen molar-refractivity contribution >= 4 is 23.5 Å². The molecule has 0 radical (unpaired) electrons. The lowest BCUT2D eigenvalue weighted by Gasteiger charge is -2.13. The normalized spacial score (nSPS) is 22.6. The Morgan fingerprint density at radius 2 is 2.60 bits per heavy atom. The van der Waals surface area contributed by atoms with Gasteiger partial charge in [-0.1, -0.05) is 6.08 Å². The fraction of sp³-hybridized carbons (Fsp3) is 0.333. The third-order valence-corrected chi connectivity index (χ3v) is 1.28. The summed E-state index contributed by atoms with van der Waals surface area (Å²) in [6.45, 7) is 0.716. The molecule has 54 valence electrons. The van der Waals surface area contributed by atoms with Crippen LogP contribution >= 0.6 is 12.2 Å². The van der Waals surface area contributed by atoms with Crippen molar-refractivity contribution in [2.45, 2.75) is 6.04 Å². The van der Waals surface area contributed by atoms with E-state index in [9.17, 15) is 0 Å². The Balaban J connectivity index is 2.37. The molecule has 3 N–H and O–H groups in total. The molecule has 1 unspecified atom stereocenters. The third kappa shape index (κ3) is 2.14. The number of rotatable bonds is 1. The lowest BCUT2D eigenvalue weighted by atomic mass is 10.2. The summed E-state index contributed by atoms with van der Waals surface area (Å²) in [5.74, 6) is 0. The van der Waals surface area contributed by atoms with Crippen LogP contribution in [-0.2, 0) is 0 Å². The lowest BCUT2D eigenvalue weighted by molar-refractivity contribution is 0.737. The molecule has 0 saturated carbocycles. The molecule has 10 heavy (non-hydrogen) atoms. The van der Waals surface area contributed by atoms with Gasteiger partial charge in [0.15, 0.2) is 5.11 Å². The van der Waals surface area contributed by atoms with E-state index in [1.807, 2.05) is 12.2 Å². The summed E-state index contributed by atoms with van der Waals surface area (Å²) in [4.78, 5) is 4.02. The molecule has 0 aromatic heterocycles. The Bertz CT molecular complexity index is 185. The molecule has 3 nitrogen and oxygen atoms in total. The number of nitrogens with two attached hydrogens (primary N) is 1. The molecule has 0 aromatic carbocycles. The number of nitrogens with one attached hydrogen (secondary N) is 1. The van der Waals surface area contributed by atoms with Gasteiger partial charge in [-0.25, -0.2) is 0 Å². The van der Waals surface area contributed by atoms with Crippen LogP contribution in [0.3, 0.4) is 0 Å². The molecule has 1 aliphatic heterocycles. The van der Waals surface area contributed by atoms with Crippen LogP contribution in [0.15, 0.2) is 17.1 Å². The van der Waals surface area contributed by atoms with Crippen LogP contribution in [0.25, 0.3) is 0 Å². The lowest BCUT2D eigenvalue weighted by Crippen LogP contribution is -2.39. The maximum Gasteiger partial charge on any atom is 0.164 e. The Labute approximate surface area is 65.0 Å². The van der Waals surface area contributed by atoms with Crippen LogP contribution in [0, 0.1) is 0 Å². The van der Waals surface area contributed by atoms with Crippen molar-refractivity contribution < 1.29 is 0 Å². The second kappa shape index (κ2) is 3.31. The molecule has 0 aromatic rings. The monoisotopic (exact) mass is 155 g/mol. The summed E-state index contributed by atoms with van der Waals surface area (Å²) in [5, 5.41) is 3.22. The number of nitrogens with zero attached hydrogens (tertiary/aromatic N) is 1. The quantitative estimate of drug-likeness (QED) is 0.517. The second-order valence-electron chi connectivity index (χ2n) is 2.01. The highest BCUT2D eigenvalue weighted by atomic mass is 32.1. The van der Waals surface area contributed by atoms with Crippen LogP contribution in [0.1, 0.15) is 0 Å². The van der Waals surface area contributed by atoms with Crippen LogP contribution < -0.4 is 11.1 Å². The highest BCUT2D eigenvalue weighted by Gasteiger charge is 2.03. The summed E-state index contributed by atoms with van der Waals surface area (Å²) in [5.41, 5.74) is 5.26. The first kappa shape index (κ1) is 7.21. The highest BCUT2D eigenvalue weighted by Crippen LogP contribution is 1.91. The van der Waals surface area contributed by atoms with Gasteiger partial charge < -0.3 is 11.1 Å². The van der Waals surface area contributed by atoms with Crippen molar-refractivity contribution in [3.8, 4) is 0 Å². The average molecular weight is 155 g/mol. The Morgan fingerprint density at radius 1 is 1.80 bits per heavy atom. The van der Waals surface area contributed by atoms with Crippen LogP contribution in [0.2, 0.25) is 0 Å². The molecule has 0 spiro atoms. The first-order chi connectivity index (χ1) is 4.79. The highest BCUT2D eigenvalue weighted by molar-refractivity contribution is 7.80. The minimum atomic E-state index is 0.183. The van der Waals surface area contributed by atoms with Crippen molar-refractivity contribution in [2.24, 2.45) is 10.7 Å². The molecule has 1 atom stereocenters. The van der Waals surface area contributed by atoms with Crippen molar-refractivity contribution in [1.82, 2.24) is 5.32 Å². The van der Waals surface area contributed by atoms with E-state index in [2.05, 4.69) is 22.5 Å². The molecule has 4 heteroatoms. The van der Waals surface area contributed by atoms with Gasteiger partial charge in [0.05, 0.1) is 12.6 Å². The number of hydrogen-bond donors (Lipinski definition) is 2. The molecule has 0 aliphatic carbocycles. The predicted molar refractivity (Wildman–Crippen MR) is 46.2 cm³/mol. The topological polar surface area (TPSA) is 50.4 Å². The van der Waals surface area contributed by atoms with Crippen molar-refractivity contribution in [1.29, 1.82) is 0 Å². The zero-order chi connectivity index (χ0) is 7.40. The van der Waals surface area contributed by atoms with Crippen LogP contribution in [0.4, 0.5) is 0 Å². The van der Waals surface area contributed by atoms with Gasteiger partial charge in [0.1, 0.15) is 0 Å². The molecule has 1 aliphatic rings. The van der Waals surface area contributed by atoms with Gasteiger partial charge in [-0.15, -0.1) is 0 Å². The Morgan fingerprint density at radius 3 is 3.10 bits per heavy atom. The summed E-state index contributed by atoms with van der Waals surface area (Å²) >= 11 is 4.66. The fourth-order valence-corrected chi connectivity index (χ4v) is 0.908. The van der Waals surface area contributed by atoms with Gasteiger partial charge in [0, 0.05) is 6.21 Å². The number of aliphatic imine (C=N–C) groups is 1. The zero-order valence-corrected chi connectivity index (χ0v) is 6.27. The van der Waals surface area contributed by atoms with E-state index in [0.29, 0.717) is 11.7 Å². The SMILES string of the molecule is NC(=S)NC1C=CC=NC1. The summed E-state index contributed by atoms with van der Waals surface area (Å²) in [6.07, 6.45) is 5.61. The standard InChI is InChI=1S/C6H9N3S/c7-6(10)9-5-2-1-3-8-4-5/h1-3,5H,4H2,(H3,7,9,10). The summed E-state index contributed by atoms with van der Waals surface area (Å²) in [6, 6.07) is 0.183. The molecular formula is C6H9N3S. The number of thiocarbonyl (C=S) groups is 1. The van der Waals surface area contributed by atoms with Gasteiger partial charge in [-0.05, 0) is 18.3 Å². The summed E-state index contributed by atoms with van der Waals surface area (Å²) < 4.78 is 0. The first-order valence-corrected chi connectivity index (χ1v) is 3.42. The van der Waals surface area contributed by atoms with Gasteiger partial charge in [0.25, 0.3) is 0 Å². The minimum Gasteiger partial charge on any atom is -0.376 e. The third-order valence-electron chi connectivity index (χ3n) is 1.16. The van der Waals surface area contributed by atoms with Gasteiger partial charge in [0.2, 0.25) is 0 Å². The van der Waals surface area contributed by atoms with Gasteiger partial charge in [-0.3, -0.25) is 4.99 Å². The first-order valence-electron chi connectivity index (χ1n) is 3.01. The van der Waals surface area contributed by atoms with E-state index in [1.165, 1.54) is 0 Å². The van der Waals surface area contributed by atoms with Crippen molar-refractivity contribution in [3.05, 3.63) is 12.2 Å². The maximum atomic E-state index is 5.26. The van der Waals surface area contributed by atoms with E-state index in [0.717, 1.165) is 0 Å². The second-order valence-corrected chi connectivity index (χ2v) is 2.45. The molecule has 0 saturated heterocycles. The smallest absolute Gasteiger partial charge is 0.164 e. The number of allylic oxidation sites excluding steroid dienone is 1. The van der Waals surface area contributed by atoms with E-state index < -0.39 is 0 Å². The van der Waals surface area contributed by atoms with Crippen LogP contribution in [0.5, 0.6) is 0 Å².